The van der Waals surface area contributed by atoms with E-state index >= 15 is 0 Å². The van der Waals surface area contributed by atoms with Gasteiger partial charge in [-0.3, -0.25) is 0 Å². The number of hydrogen-bond donors (Lipinski definition) is 1. The Balaban J connectivity index is 0.00000132. The molecule has 1 aromatic rings. The Morgan fingerprint density at radius 2 is 2.05 bits per heavy atom. The van der Waals surface area contributed by atoms with Crippen LogP contribution in [0.25, 0.3) is 0 Å². The SMILES string of the molecule is C.CN(C)CCC1(C)CNc2ccc(C3CCOCC3)cc21.[HH]. The van der Waals surface area contributed by atoms with E-state index in [9.17, 15) is 0 Å². The fourth-order valence-electron chi connectivity index (χ4n) is 3.58. The van der Waals surface area contributed by atoms with Crippen LogP contribution in [0.2, 0.25) is 0 Å². The number of benzene rings is 1. The maximum absolute atomic E-state index is 5.50. The summed E-state index contributed by atoms with van der Waals surface area (Å²) in [6, 6.07) is 7.08. The quantitative estimate of drug-likeness (QED) is 0.906. The normalized spacial score (nSPS) is 24.7. The van der Waals surface area contributed by atoms with Crippen molar-refractivity contribution in [2.45, 2.75) is 44.9 Å². The first-order valence-electron chi connectivity index (χ1n) is 8.19. The lowest BCUT2D eigenvalue weighted by atomic mass is 9.79. The third-order valence-electron chi connectivity index (χ3n) is 5.17. The van der Waals surface area contributed by atoms with Crippen molar-refractivity contribution in [2.75, 3.05) is 45.7 Å². The Bertz CT molecular complexity index is 500. The highest BCUT2D eigenvalue weighted by molar-refractivity contribution is 5.61. The predicted molar refractivity (Wildman–Crippen MR) is 97.1 cm³/mol. The van der Waals surface area contributed by atoms with Gasteiger partial charge in [0.25, 0.3) is 0 Å². The maximum atomic E-state index is 5.50. The van der Waals surface area contributed by atoms with Crippen molar-refractivity contribution in [1.82, 2.24) is 4.90 Å². The van der Waals surface area contributed by atoms with Gasteiger partial charge in [-0.25, -0.2) is 0 Å². The van der Waals surface area contributed by atoms with Crippen molar-refractivity contribution >= 4 is 5.69 Å². The summed E-state index contributed by atoms with van der Waals surface area (Å²) < 4.78 is 5.50. The highest BCUT2D eigenvalue weighted by atomic mass is 16.5. The largest absolute Gasteiger partial charge is 0.384 e. The Labute approximate surface area is 137 Å². The molecule has 0 aromatic heterocycles. The molecule has 1 N–H and O–H groups in total. The number of nitrogens with one attached hydrogen (secondary N) is 1. The number of ether oxygens (including phenoxy) is 1. The van der Waals surface area contributed by atoms with Crippen molar-refractivity contribution < 1.29 is 6.16 Å². The van der Waals surface area contributed by atoms with E-state index in [1.54, 1.807) is 0 Å². The molecular weight excluding hydrogens is 272 g/mol. The Kier molecular flexibility index (Phi) is 5.51. The summed E-state index contributed by atoms with van der Waals surface area (Å²) in [5.74, 6) is 0.683. The van der Waals surface area contributed by atoms with Crippen molar-refractivity contribution in [3.63, 3.8) is 0 Å². The highest BCUT2D eigenvalue weighted by Gasteiger charge is 2.34. The van der Waals surface area contributed by atoms with Gasteiger partial charge in [0.2, 0.25) is 0 Å². The summed E-state index contributed by atoms with van der Waals surface area (Å²) in [5, 5.41) is 3.60. The summed E-state index contributed by atoms with van der Waals surface area (Å²) in [6.45, 7) is 6.44. The molecule has 3 rings (SSSR count). The smallest absolute Gasteiger partial charge is 0.0471 e. The number of hydrogen-bond acceptors (Lipinski definition) is 3. The molecule has 0 amide bonds. The van der Waals surface area contributed by atoms with Crippen LogP contribution in [-0.4, -0.2) is 45.3 Å². The summed E-state index contributed by atoms with van der Waals surface area (Å²) in [4.78, 5) is 2.28. The average molecular weight is 306 g/mol. The molecule has 2 heterocycles. The number of nitrogens with zero attached hydrogens (tertiary/aromatic N) is 1. The van der Waals surface area contributed by atoms with Gasteiger partial charge in [0.05, 0.1) is 0 Å². The first-order valence-corrected chi connectivity index (χ1v) is 8.19. The van der Waals surface area contributed by atoms with Gasteiger partial charge in [-0.15, -0.1) is 0 Å². The minimum atomic E-state index is 0. The van der Waals surface area contributed by atoms with Gasteiger partial charge in [0.1, 0.15) is 0 Å². The molecule has 1 unspecified atom stereocenters. The number of anilines is 1. The van der Waals surface area contributed by atoms with Crippen LogP contribution in [0.5, 0.6) is 0 Å². The number of fused-ring (bicyclic) bond motifs is 1. The van der Waals surface area contributed by atoms with Gasteiger partial charge in [0.15, 0.2) is 0 Å². The predicted octanol–water partition coefficient (Wildman–Crippen LogP) is 4.10. The zero-order valence-corrected chi connectivity index (χ0v) is 13.6. The third-order valence-corrected chi connectivity index (χ3v) is 5.17. The molecule has 1 saturated heterocycles. The minimum Gasteiger partial charge on any atom is -0.384 e. The van der Waals surface area contributed by atoms with E-state index in [0.717, 1.165) is 26.3 Å². The van der Waals surface area contributed by atoms with Crippen LogP contribution in [-0.2, 0) is 10.2 Å². The molecule has 3 nitrogen and oxygen atoms in total. The molecule has 0 spiro atoms. The molecule has 0 radical (unpaired) electrons. The lowest BCUT2D eigenvalue weighted by molar-refractivity contribution is 0.0853. The van der Waals surface area contributed by atoms with Gasteiger partial charge in [-0.2, -0.15) is 0 Å². The van der Waals surface area contributed by atoms with E-state index < -0.39 is 0 Å². The standard InChI is InChI=1S/C18H28N2O.CH4.H2/c1-18(8-9-20(2)3)13-19-17-5-4-15(12-16(17)18)14-6-10-21-11-7-14;;/h4-5,12,14,19H,6-11,13H2,1-3H3;1H4;1H. The van der Waals surface area contributed by atoms with Gasteiger partial charge in [0, 0.05) is 32.3 Å². The van der Waals surface area contributed by atoms with Crippen LogP contribution in [0.1, 0.15) is 52.1 Å². The molecule has 0 saturated carbocycles. The monoisotopic (exact) mass is 306 g/mol. The van der Waals surface area contributed by atoms with E-state index in [1.165, 1.54) is 36.1 Å². The molecular formula is C19H34N2O. The lowest BCUT2D eigenvalue weighted by Crippen LogP contribution is -2.29. The summed E-state index contributed by atoms with van der Waals surface area (Å²) in [7, 11) is 4.32. The molecule has 2 aliphatic heterocycles. The molecule has 22 heavy (non-hydrogen) atoms. The molecule has 3 heteroatoms. The van der Waals surface area contributed by atoms with E-state index in [-0.39, 0.29) is 14.3 Å². The van der Waals surface area contributed by atoms with Crippen molar-refractivity contribution in [2.24, 2.45) is 0 Å². The van der Waals surface area contributed by atoms with Crippen molar-refractivity contribution in [3.05, 3.63) is 29.3 Å². The van der Waals surface area contributed by atoms with E-state index in [4.69, 9.17) is 4.74 Å². The molecule has 0 bridgehead atoms. The van der Waals surface area contributed by atoms with Gasteiger partial charge in [-0.05, 0) is 63.0 Å². The third kappa shape index (κ3) is 3.47. The first kappa shape index (κ1) is 17.3. The Morgan fingerprint density at radius 3 is 2.73 bits per heavy atom. The second-order valence-electron chi connectivity index (χ2n) is 7.16. The van der Waals surface area contributed by atoms with Crippen LogP contribution in [0.4, 0.5) is 5.69 Å². The Morgan fingerprint density at radius 1 is 1.32 bits per heavy atom. The van der Waals surface area contributed by atoms with E-state index in [2.05, 4.69) is 49.4 Å². The molecule has 126 valence electrons. The van der Waals surface area contributed by atoms with Gasteiger partial charge >= 0.3 is 0 Å². The van der Waals surface area contributed by atoms with Gasteiger partial charge < -0.3 is 15.0 Å². The van der Waals surface area contributed by atoms with Crippen molar-refractivity contribution in [3.8, 4) is 0 Å². The topological polar surface area (TPSA) is 24.5 Å². The summed E-state index contributed by atoms with van der Waals surface area (Å²) >= 11 is 0. The van der Waals surface area contributed by atoms with Gasteiger partial charge in [-0.1, -0.05) is 26.5 Å². The average Bonchev–Trinajstić information content (AvgIpc) is 2.84. The van der Waals surface area contributed by atoms with Crippen LogP contribution in [0.3, 0.4) is 0 Å². The molecule has 1 aromatic carbocycles. The molecule has 0 aliphatic carbocycles. The second kappa shape index (κ2) is 7.01. The second-order valence-corrected chi connectivity index (χ2v) is 7.16. The lowest BCUT2D eigenvalue weighted by Gasteiger charge is -2.28. The van der Waals surface area contributed by atoms with Crippen LogP contribution in [0.15, 0.2) is 18.2 Å². The van der Waals surface area contributed by atoms with Crippen LogP contribution < -0.4 is 5.32 Å². The fraction of sp³-hybridized carbons (Fsp3) is 0.684. The molecule has 1 atom stereocenters. The van der Waals surface area contributed by atoms with E-state index in [1.807, 2.05) is 0 Å². The van der Waals surface area contributed by atoms with Crippen molar-refractivity contribution in [1.29, 1.82) is 0 Å². The number of rotatable bonds is 4. The minimum absolute atomic E-state index is 0. The zero-order chi connectivity index (χ0) is 14.9. The zero-order valence-electron chi connectivity index (χ0n) is 13.6. The van der Waals surface area contributed by atoms with E-state index in [0.29, 0.717) is 5.92 Å². The summed E-state index contributed by atoms with van der Waals surface area (Å²) in [6.07, 6.45) is 3.54. The van der Waals surface area contributed by atoms with Crippen LogP contribution in [0, 0.1) is 0 Å². The maximum Gasteiger partial charge on any atom is 0.0471 e. The fourth-order valence-corrected chi connectivity index (χ4v) is 3.58. The molecule has 2 aliphatic rings. The summed E-state index contributed by atoms with van der Waals surface area (Å²) in [5.41, 5.74) is 4.64. The highest BCUT2D eigenvalue weighted by Crippen LogP contribution is 2.41. The first-order chi connectivity index (χ1) is 10.1. The Hall–Kier alpha value is -1.06. The molecule has 1 fully saturated rings. The van der Waals surface area contributed by atoms with Crippen LogP contribution >= 0.6 is 0 Å².